The van der Waals surface area contributed by atoms with E-state index < -0.39 is 11.5 Å². The number of H-pyrrole nitrogens is 1. The summed E-state index contributed by atoms with van der Waals surface area (Å²) >= 11 is 12.4. The van der Waals surface area contributed by atoms with Gasteiger partial charge in [-0.05, 0) is 29.8 Å². The Morgan fingerprint density at radius 3 is 2.74 bits per heavy atom. The maximum absolute atomic E-state index is 13.4. The highest BCUT2D eigenvalue weighted by Gasteiger charge is 2.32. The topological polar surface area (TPSA) is 98.0 Å². The molecule has 3 aromatic heterocycles. The summed E-state index contributed by atoms with van der Waals surface area (Å²) in [4.78, 5) is 24.6. The summed E-state index contributed by atoms with van der Waals surface area (Å²) in [6.07, 6.45) is 2.98. The van der Waals surface area contributed by atoms with Crippen LogP contribution in [0.4, 0.5) is 4.39 Å². The molecular weight excluding hydrogens is 484 g/mol. The average Bonchev–Trinajstić information content (AvgIpc) is 3.31. The predicted octanol–water partition coefficient (Wildman–Crippen LogP) is 3.55. The van der Waals surface area contributed by atoms with E-state index in [2.05, 4.69) is 15.0 Å². The lowest BCUT2D eigenvalue weighted by Crippen LogP contribution is -2.43. The van der Waals surface area contributed by atoms with Crippen LogP contribution in [0, 0.1) is 5.95 Å². The zero-order chi connectivity index (χ0) is 23.9. The number of aromatic nitrogens is 5. The third-order valence-electron chi connectivity index (χ3n) is 6.07. The van der Waals surface area contributed by atoms with Crippen LogP contribution in [0.15, 0.2) is 41.3 Å². The Kier molecular flexibility index (Phi) is 6.20. The fourth-order valence-electron chi connectivity index (χ4n) is 4.23. The summed E-state index contributed by atoms with van der Waals surface area (Å²) in [6, 6.07) is 8.02. The van der Waals surface area contributed by atoms with Crippen LogP contribution in [0.1, 0.15) is 29.9 Å². The number of pyridine rings is 1. The fourth-order valence-corrected chi connectivity index (χ4v) is 4.70. The van der Waals surface area contributed by atoms with Gasteiger partial charge in [-0.25, -0.2) is 9.78 Å². The molecule has 0 bridgehead atoms. The van der Waals surface area contributed by atoms with Gasteiger partial charge in [-0.3, -0.25) is 9.13 Å². The molecule has 0 saturated carbocycles. The predicted molar refractivity (Wildman–Crippen MR) is 126 cm³/mol. The summed E-state index contributed by atoms with van der Waals surface area (Å²) in [7, 11) is 0. The summed E-state index contributed by atoms with van der Waals surface area (Å²) in [5, 5.41) is 12.1. The minimum Gasteiger partial charge on any atom is -0.388 e. The molecule has 0 unspecified atom stereocenters. The number of nitrogens with zero attached hydrogens (tertiary/aromatic N) is 4. The smallest absolute Gasteiger partial charge is 0.328 e. The maximum atomic E-state index is 13.4. The average molecular weight is 506 g/mol. The minimum atomic E-state index is -1.05. The van der Waals surface area contributed by atoms with E-state index in [1.54, 1.807) is 29.0 Å². The van der Waals surface area contributed by atoms with Gasteiger partial charge in [0.2, 0.25) is 5.95 Å². The number of imidazole rings is 2. The minimum absolute atomic E-state index is 0.132. The molecule has 34 heavy (non-hydrogen) atoms. The van der Waals surface area contributed by atoms with E-state index in [0.29, 0.717) is 59.6 Å². The summed E-state index contributed by atoms with van der Waals surface area (Å²) < 4.78 is 21.9. The van der Waals surface area contributed by atoms with Crippen LogP contribution >= 0.6 is 23.2 Å². The van der Waals surface area contributed by atoms with Crippen molar-refractivity contribution in [3.8, 4) is 0 Å². The number of aromatic amines is 1. The zero-order valence-corrected chi connectivity index (χ0v) is 19.6. The molecule has 1 aromatic carbocycles. The Balaban J connectivity index is 1.51. The second-order valence-corrected chi connectivity index (χ2v) is 9.40. The lowest BCUT2D eigenvalue weighted by Gasteiger charge is -2.32. The van der Waals surface area contributed by atoms with E-state index in [4.69, 9.17) is 27.9 Å². The van der Waals surface area contributed by atoms with Crippen molar-refractivity contribution in [2.75, 3.05) is 13.2 Å². The second kappa shape index (κ2) is 9.14. The van der Waals surface area contributed by atoms with E-state index in [9.17, 15) is 14.3 Å². The second-order valence-electron chi connectivity index (χ2n) is 8.55. The molecule has 0 radical (unpaired) electrons. The van der Waals surface area contributed by atoms with Gasteiger partial charge in [-0.2, -0.15) is 9.37 Å². The lowest BCUT2D eigenvalue weighted by atomic mass is 9.94. The quantitative estimate of drug-likeness (QED) is 0.390. The number of ether oxygens (including phenoxy) is 1. The molecule has 1 saturated heterocycles. The Hall–Kier alpha value is -2.72. The van der Waals surface area contributed by atoms with Crippen molar-refractivity contribution < 1.29 is 14.2 Å². The normalized spacial score (nSPS) is 15.8. The number of halogens is 3. The molecule has 1 aliphatic rings. The third-order valence-corrected chi connectivity index (χ3v) is 6.66. The van der Waals surface area contributed by atoms with Crippen LogP contribution in [0.3, 0.4) is 0 Å². The van der Waals surface area contributed by atoms with Gasteiger partial charge in [-0.15, -0.1) is 0 Å². The Labute approximate surface area is 203 Å². The number of hydrogen-bond donors (Lipinski definition) is 2. The molecule has 5 rings (SSSR count). The highest BCUT2D eigenvalue weighted by Crippen LogP contribution is 2.26. The van der Waals surface area contributed by atoms with Gasteiger partial charge in [-0.1, -0.05) is 29.3 Å². The maximum Gasteiger partial charge on any atom is 0.328 e. The molecule has 8 nitrogen and oxygen atoms in total. The molecule has 0 atom stereocenters. The molecule has 0 amide bonds. The summed E-state index contributed by atoms with van der Waals surface area (Å²) in [5.74, 6) is -0.158. The molecular formula is C23H22Cl2FN5O3. The van der Waals surface area contributed by atoms with Crippen LogP contribution in [0.25, 0.3) is 11.2 Å². The van der Waals surface area contributed by atoms with Gasteiger partial charge in [0.15, 0.2) is 5.65 Å². The Morgan fingerprint density at radius 2 is 1.97 bits per heavy atom. The molecule has 1 aliphatic heterocycles. The first-order valence-corrected chi connectivity index (χ1v) is 11.6. The largest absolute Gasteiger partial charge is 0.388 e. The number of aliphatic hydroxyl groups is 1. The molecule has 178 valence electrons. The van der Waals surface area contributed by atoms with Crippen molar-refractivity contribution >= 4 is 34.4 Å². The van der Waals surface area contributed by atoms with Gasteiger partial charge in [0, 0.05) is 54.4 Å². The van der Waals surface area contributed by atoms with Gasteiger partial charge in [0.05, 0.1) is 24.2 Å². The number of hydrogen-bond acceptors (Lipinski definition) is 5. The van der Waals surface area contributed by atoms with Crippen molar-refractivity contribution in [2.24, 2.45) is 0 Å². The van der Waals surface area contributed by atoms with Crippen LogP contribution in [0.2, 0.25) is 10.0 Å². The molecule has 0 aliphatic carbocycles. The number of benzene rings is 1. The standard InChI is InChI=1S/C23H22Cl2FN5O3/c24-15-2-1-14(17(25)10-15)9-16-11-30(12-20-27-18-3-4-19(26)28-21(18)29-20)22(32)31(16)13-23(33)5-7-34-8-6-23/h1-4,10-11,33H,5-9,12-13H2,(H,27,28,29). The van der Waals surface area contributed by atoms with Gasteiger partial charge >= 0.3 is 5.69 Å². The van der Waals surface area contributed by atoms with E-state index in [-0.39, 0.29) is 24.4 Å². The van der Waals surface area contributed by atoms with Crippen molar-refractivity contribution in [1.29, 1.82) is 0 Å². The number of nitrogens with one attached hydrogen (secondary N) is 1. The van der Waals surface area contributed by atoms with Crippen molar-refractivity contribution in [1.82, 2.24) is 24.1 Å². The van der Waals surface area contributed by atoms with Crippen LogP contribution in [-0.2, 0) is 24.2 Å². The summed E-state index contributed by atoms with van der Waals surface area (Å²) in [6.45, 7) is 1.14. The van der Waals surface area contributed by atoms with E-state index in [1.807, 2.05) is 6.07 Å². The number of fused-ring (bicyclic) bond motifs is 1. The molecule has 2 N–H and O–H groups in total. The Morgan fingerprint density at radius 1 is 1.18 bits per heavy atom. The molecule has 11 heteroatoms. The first-order valence-electron chi connectivity index (χ1n) is 10.8. The van der Waals surface area contributed by atoms with Crippen molar-refractivity contribution in [2.45, 2.75) is 38.0 Å². The SMILES string of the molecule is O=c1n(Cc2nc3nc(F)ccc3[nH]2)cc(Cc2ccc(Cl)cc2Cl)n1CC1(O)CCOCC1. The molecule has 4 heterocycles. The highest BCUT2D eigenvalue weighted by atomic mass is 35.5. The van der Waals surface area contributed by atoms with Gasteiger partial charge < -0.3 is 14.8 Å². The highest BCUT2D eigenvalue weighted by molar-refractivity contribution is 6.35. The molecule has 0 spiro atoms. The van der Waals surface area contributed by atoms with E-state index in [0.717, 1.165) is 5.56 Å². The first-order chi connectivity index (χ1) is 16.3. The van der Waals surface area contributed by atoms with Gasteiger partial charge in [0.25, 0.3) is 0 Å². The van der Waals surface area contributed by atoms with E-state index in [1.165, 1.54) is 10.6 Å². The lowest BCUT2D eigenvalue weighted by molar-refractivity contribution is -0.0736. The monoisotopic (exact) mass is 505 g/mol. The zero-order valence-electron chi connectivity index (χ0n) is 18.1. The third kappa shape index (κ3) is 4.74. The van der Waals surface area contributed by atoms with Crippen molar-refractivity contribution in [3.05, 3.63) is 80.1 Å². The van der Waals surface area contributed by atoms with Crippen LogP contribution in [-0.4, -0.2) is 48.0 Å². The Bertz CT molecular complexity index is 1410. The molecule has 1 fully saturated rings. The van der Waals surface area contributed by atoms with Crippen LogP contribution in [0.5, 0.6) is 0 Å². The number of rotatable bonds is 6. The first kappa shape index (κ1) is 23.0. The van der Waals surface area contributed by atoms with E-state index >= 15 is 0 Å². The van der Waals surface area contributed by atoms with Crippen LogP contribution < -0.4 is 5.69 Å². The van der Waals surface area contributed by atoms with Gasteiger partial charge in [0.1, 0.15) is 5.82 Å². The fraction of sp³-hybridized carbons (Fsp3) is 0.348. The molecule has 4 aromatic rings. The van der Waals surface area contributed by atoms with Crippen molar-refractivity contribution in [3.63, 3.8) is 0 Å². The summed E-state index contributed by atoms with van der Waals surface area (Å²) in [5.41, 5.74) is 0.974.